The summed E-state index contributed by atoms with van der Waals surface area (Å²) in [6.07, 6.45) is -9.34. The number of methoxy groups -OCH3 is 1. The molecule has 0 bridgehead atoms. The summed E-state index contributed by atoms with van der Waals surface area (Å²) in [5, 5.41) is 2.44. The number of carbonyl (C=O) groups excluding carboxylic acids is 1. The van der Waals surface area contributed by atoms with Crippen molar-refractivity contribution in [2.24, 2.45) is 0 Å². The average molecular weight is 548 g/mol. The first-order valence-corrected chi connectivity index (χ1v) is 11.5. The summed E-state index contributed by atoms with van der Waals surface area (Å²) in [6.45, 7) is 2.98. The highest BCUT2D eigenvalue weighted by Gasteiger charge is 2.35. The molecule has 0 unspecified atom stereocenters. The summed E-state index contributed by atoms with van der Waals surface area (Å²) >= 11 is 0. The molecule has 11 heteroatoms. The zero-order chi connectivity index (χ0) is 28.5. The number of ether oxygens (including phenoxy) is 2. The van der Waals surface area contributed by atoms with Crippen molar-refractivity contribution >= 4 is 11.6 Å². The Hall–Kier alpha value is -4.41. The summed E-state index contributed by atoms with van der Waals surface area (Å²) in [7, 11) is 1.47. The highest BCUT2D eigenvalue weighted by Crippen LogP contribution is 2.38. The van der Waals surface area contributed by atoms with Gasteiger partial charge in [0.2, 0.25) is 0 Å². The van der Waals surface area contributed by atoms with Crippen LogP contribution in [0.2, 0.25) is 0 Å². The normalized spacial score (nSPS) is 11.8. The highest BCUT2D eigenvalue weighted by molar-refractivity contribution is 6.06. The predicted octanol–water partition coefficient (Wildman–Crippen LogP) is 8.18. The minimum Gasteiger partial charge on any atom is -0.497 e. The molecular formula is C28H22F6N2O3. The molecule has 1 amide bonds. The molecule has 0 atom stereocenters. The first-order chi connectivity index (χ1) is 18.3. The van der Waals surface area contributed by atoms with Crippen molar-refractivity contribution in [3.63, 3.8) is 0 Å². The molecule has 0 radical (unpaired) electrons. The number of amides is 1. The standard InChI is InChI=1S/C28H22F6N2O3/c1-16-14-21(17(2)36(16)24-7-5-4-6-22(24)28(32,33)34)26(37)35-23-15-18(27(29,30)31)8-13-25(23)39-20-11-9-19(38-3)10-12-20/h4-15H,1-3H3,(H,35,37). The Kier molecular flexibility index (Phi) is 7.36. The Morgan fingerprint density at radius 1 is 0.821 bits per heavy atom. The maximum absolute atomic E-state index is 13.6. The Morgan fingerprint density at radius 2 is 1.46 bits per heavy atom. The molecular weight excluding hydrogens is 526 g/mol. The lowest BCUT2D eigenvalue weighted by Crippen LogP contribution is -2.16. The fourth-order valence-electron chi connectivity index (χ4n) is 4.13. The molecule has 0 fully saturated rings. The van der Waals surface area contributed by atoms with Crippen molar-refractivity contribution in [2.45, 2.75) is 26.2 Å². The van der Waals surface area contributed by atoms with Crippen molar-refractivity contribution in [3.8, 4) is 22.9 Å². The molecule has 1 heterocycles. The van der Waals surface area contributed by atoms with E-state index in [1.54, 1.807) is 12.1 Å². The number of para-hydroxylation sites is 1. The van der Waals surface area contributed by atoms with E-state index in [-0.39, 0.29) is 34.1 Å². The van der Waals surface area contributed by atoms with Gasteiger partial charge < -0.3 is 19.4 Å². The van der Waals surface area contributed by atoms with E-state index in [2.05, 4.69) is 5.32 Å². The summed E-state index contributed by atoms with van der Waals surface area (Å²) in [5.41, 5.74) is -1.89. The quantitative estimate of drug-likeness (QED) is 0.247. The fourth-order valence-corrected chi connectivity index (χ4v) is 4.13. The van der Waals surface area contributed by atoms with Crippen LogP contribution in [-0.4, -0.2) is 17.6 Å². The Balaban J connectivity index is 1.72. The third-order valence-electron chi connectivity index (χ3n) is 5.97. The van der Waals surface area contributed by atoms with Crippen molar-refractivity contribution < 1.29 is 40.6 Å². The first kappa shape index (κ1) is 27.6. The van der Waals surface area contributed by atoms with Crippen molar-refractivity contribution in [1.29, 1.82) is 0 Å². The second-order valence-electron chi connectivity index (χ2n) is 8.58. The summed E-state index contributed by atoms with van der Waals surface area (Å²) in [6, 6.07) is 15.1. The summed E-state index contributed by atoms with van der Waals surface area (Å²) < 4.78 is 93.4. The van der Waals surface area contributed by atoms with E-state index in [0.29, 0.717) is 11.4 Å². The fraction of sp³-hybridized carbons (Fsp3) is 0.179. The number of nitrogens with one attached hydrogen (secondary N) is 1. The number of hydrogen-bond donors (Lipinski definition) is 1. The van der Waals surface area contributed by atoms with Gasteiger partial charge in [-0.05, 0) is 74.5 Å². The topological polar surface area (TPSA) is 52.5 Å². The van der Waals surface area contributed by atoms with E-state index < -0.39 is 29.4 Å². The molecule has 0 aliphatic carbocycles. The smallest absolute Gasteiger partial charge is 0.418 e. The highest BCUT2D eigenvalue weighted by atomic mass is 19.4. The number of aromatic nitrogens is 1. The molecule has 1 aromatic heterocycles. The molecule has 204 valence electrons. The number of nitrogens with zero attached hydrogens (tertiary/aromatic N) is 1. The number of rotatable bonds is 6. The van der Waals surface area contributed by atoms with Gasteiger partial charge in [0.05, 0.1) is 35.2 Å². The van der Waals surface area contributed by atoms with Crippen LogP contribution < -0.4 is 14.8 Å². The number of halogens is 6. The molecule has 0 aliphatic rings. The third kappa shape index (κ3) is 5.87. The van der Waals surface area contributed by atoms with Crippen LogP contribution in [0.25, 0.3) is 5.69 Å². The molecule has 4 aromatic rings. The van der Waals surface area contributed by atoms with Crippen LogP contribution in [0, 0.1) is 13.8 Å². The minimum atomic E-state index is -4.70. The maximum Gasteiger partial charge on any atom is 0.418 e. The first-order valence-electron chi connectivity index (χ1n) is 11.5. The maximum atomic E-state index is 13.6. The van der Waals surface area contributed by atoms with Gasteiger partial charge in [0.15, 0.2) is 5.75 Å². The minimum absolute atomic E-state index is 0.0164. The van der Waals surface area contributed by atoms with E-state index in [1.807, 2.05) is 0 Å². The molecule has 1 N–H and O–H groups in total. The Morgan fingerprint density at radius 3 is 2.08 bits per heavy atom. The van der Waals surface area contributed by atoms with Crippen LogP contribution in [0.15, 0.2) is 72.8 Å². The van der Waals surface area contributed by atoms with Gasteiger partial charge in [-0.25, -0.2) is 0 Å². The predicted molar refractivity (Wildman–Crippen MR) is 133 cm³/mol. The van der Waals surface area contributed by atoms with E-state index in [4.69, 9.17) is 9.47 Å². The van der Waals surface area contributed by atoms with Gasteiger partial charge in [0.1, 0.15) is 11.5 Å². The number of carbonyl (C=O) groups is 1. The lowest BCUT2D eigenvalue weighted by atomic mass is 10.1. The number of aryl methyl sites for hydroxylation is 1. The molecule has 3 aromatic carbocycles. The van der Waals surface area contributed by atoms with Crippen LogP contribution in [0.3, 0.4) is 0 Å². The van der Waals surface area contributed by atoms with E-state index >= 15 is 0 Å². The summed E-state index contributed by atoms with van der Waals surface area (Å²) in [5.74, 6) is -0.0887. The van der Waals surface area contributed by atoms with Crippen LogP contribution in [0.1, 0.15) is 32.9 Å². The zero-order valence-electron chi connectivity index (χ0n) is 20.9. The van der Waals surface area contributed by atoms with Crippen LogP contribution >= 0.6 is 0 Å². The molecule has 5 nitrogen and oxygen atoms in total. The van der Waals surface area contributed by atoms with Gasteiger partial charge >= 0.3 is 12.4 Å². The average Bonchev–Trinajstić information content (AvgIpc) is 3.18. The van der Waals surface area contributed by atoms with Crippen LogP contribution in [0.4, 0.5) is 32.0 Å². The molecule has 0 saturated carbocycles. The SMILES string of the molecule is COc1ccc(Oc2ccc(C(F)(F)F)cc2NC(=O)c2cc(C)n(-c3ccccc3C(F)(F)F)c2C)cc1. The van der Waals surface area contributed by atoms with E-state index in [1.165, 1.54) is 61.9 Å². The number of anilines is 1. The third-order valence-corrected chi connectivity index (χ3v) is 5.97. The molecule has 0 spiro atoms. The van der Waals surface area contributed by atoms with Crippen LogP contribution in [0.5, 0.6) is 17.2 Å². The summed E-state index contributed by atoms with van der Waals surface area (Å²) in [4.78, 5) is 13.3. The molecule has 4 rings (SSSR count). The van der Waals surface area contributed by atoms with Crippen molar-refractivity contribution in [2.75, 3.05) is 12.4 Å². The van der Waals surface area contributed by atoms with E-state index in [9.17, 15) is 31.1 Å². The largest absolute Gasteiger partial charge is 0.497 e. The number of alkyl halides is 6. The second-order valence-corrected chi connectivity index (χ2v) is 8.58. The second kappa shape index (κ2) is 10.4. The van der Waals surface area contributed by atoms with Gasteiger partial charge in [0.25, 0.3) is 5.91 Å². The Labute approximate surface area is 219 Å². The van der Waals surface area contributed by atoms with Gasteiger partial charge in [-0.3, -0.25) is 4.79 Å². The monoisotopic (exact) mass is 548 g/mol. The Bertz CT molecular complexity index is 1510. The lowest BCUT2D eigenvalue weighted by Gasteiger charge is -2.17. The zero-order valence-corrected chi connectivity index (χ0v) is 20.9. The van der Waals surface area contributed by atoms with Crippen molar-refractivity contribution in [3.05, 3.63) is 101 Å². The van der Waals surface area contributed by atoms with Crippen molar-refractivity contribution in [1.82, 2.24) is 4.57 Å². The van der Waals surface area contributed by atoms with Gasteiger partial charge in [-0.15, -0.1) is 0 Å². The number of hydrogen-bond acceptors (Lipinski definition) is 3. The molecule has 0 aliphatic heterocycles. The van der Waals surface area contributed by atoms with Gasteiger partial charge in [-0.1, -0.05) is 12.1 Å². The number of benzene rings is 3. The molecule has 0 saturated heterocycles. The lowest BCUT2D eigenvalue weighted by molar-refractivity contribution is -0.138. The van der Waals surface area contributed by atoms with E-state index in [0.717, 1.165) is 24.3 Å². The van der Waals surface area contributed by atoms with Crippen LogP contribution in [-0.2, 0) is 12.4 Å². The van der Waals surface area contributed by atoms with Gasteiger partial charge in [0, 0.05) is 11.4 Å². The van der Waals surface area contributed by atoms with Gasteiger partial charge in [-0.2, -0.15) is 26.3 Å². The molecule has 39 heavy (non-hydrogen) atoms.